The molecule has 0 saturated heterocycles. The number of carboxylic acid groups (broad SMARTS) is 1. The average Bonchev–Trinajstić information content (AvgIpc) is 3.16. The summed E-state index contributed by atoms with van der Waals surface area (Å²) in [4.78, 5) is 25.6. The topological polar surface area (TPSA) is 82.2 Å². The molecule has 1 heterocycles. The fourth-order valence-electron chi connectivity index (χ4n) is 2.57. The first-order valence-corrected chi connectivity index (χ1v) is 7.20. The summed E-state index contributed by atoms with van der Waals surface area (Å²) in [6.45, 7) is 0.487. The van der Waals surface area contributed by atoms with Crippen molar-refractivity contribution >= 4 is 34.4 Å². The van der Waals surface area contributed by atoms with Crippen molar-refractivity contribution in [3.8, 4) is 0 Å². The molecule has 1 aromatic heterocycles. The van der Waals surface area contributed by atoms with Crippen LogP contribution in [0.3, 0.4) is 0 Å². The van der Waals surface area contributed by atoms with Crippen molar-refractivity contribution in [3.05, 3.63) is 35.0 Å². The summed E-state index contributed by atoms with van der Waals surface area (Å²) in [6, 6.07) is 5.64. The van der Waals surface area contributed by atoms with E-state index >= 15 is 0 Å². The van der Waals surface area contributed by atoms with Gasteiger partial charge >= 0.3 is 5.97 Å². The molecule has 1 amide bonds. The number of carbonyl (C=O) groups is 2. The quantitative estimate of drug-likeness (QED) is 0.792. The van der Waals surface area contributed by atoms with Gasteiger partial charge in [-0.2, -0.15) is 0 Å². The molecule has 3 N–H and O–H groups in total. The number of halogens is 1. The Kier molecular flexibility index (Phi) is 3.59. The zero-order valence-electron chi connectivity index (χ0n) is 11.2. The predicted octanol–water partition coefficient (Wildman–Crippen LogP) is 2.20. The lowest BCUT2D eigenvalue weighted by molar-refractivity contribution is -0.140. The van der Waals surface area contributed by atoms with Gasteiger partial charge in [0.1, 0.15) is 0 Å². The summed E-state index contributed by atoms with van der Waals surface area (Å²) in [6.07, 6.45) is 3.03. The number of carbonyl (C=O) groups excluding carboxylic acids is 1. The Bertz CT molecular complexity index is 710. The minimum Gasteiger partial charge on any atom is -0.481 e. The molecule has 2 aromatic rings. The Hall–Kier alpha value is -2.01. The molecular formula is C15H15ClN2O3. The molecule has 2 atom stereocenters. The van der Waals surface area contributed by atoms with Crippen molar-refractivity contribution in [2.75, 3.05) is 6.54 Å². The normalized spacial score (nSPS) is 20.4. The molecule has 5 nitrogen and oxygen atoms in total. The van der Waals surface area contributed by atoms with Gasteiger partial charge in [0.05, 0.1) is 11.8 Å². The van der Waals surface area contributed by atoms with Crippen LogP contribution in [0.2, 0.25) is 5.02 Å². The second kappa shape index (κ2) is 5.41. The highest BCUT2D eigenvalue weighted by molar-refractivity contribution is 6.31. The number of aromatic nitrogens is 1. The number of aliphatic carboxylic acids is 1. The Balaban J connectivity index is 1.56. The summed E-state index contributed by atoms with van der Waals surface area (Å²) in [5, 5.41) is 13.3. The fraction of sp³-hybridized carbons (Fsp3) is 0.333. The molecule has 1 aliphatic rings. The number of hydrogen-bond acceptors (Lipinski definition) is 2. The van der Waals surface area contributed by atoms with Crippen LogP contribution < -0.4 is 5.32 Å². The second-order valence-electron chi connectivity index (χ2n) is 5.33. The van der Waals surface area contributed by atoms with Crippen molar-refractivity contribution in [2.45, 2.75) is 12.8 Å². The first-order valence-electron chi connectivity index (χ1n) is 6.82. The average molecular weight is 307 g/mol. The predicted molar refractivity (Wildman–Crippen MR) is 79.3 cm³/mol. The van der Waals surface area contributed by atoms with Crippen molar-refractivity contribution < 1.29 is 14.7 Å². The van der Waals surface area contributed by atoms with Gasteiger partial charge in [0.25, 0.3) is 0 Å². The molecule has 21 heavy (non-hydrogen) atoms. The van der Waals surface area contributed by atoms with Crippen molar-refractivity contribution in [1.29, 1.82) is 0 Å². The maximum absolute atomic E-state index is 11.8. The molecule has 0 unspecified atom stereocenters. The molecule has 0 radical (unpaired) electrons. The molecule has 3 rings (SSSR count). The molecule has 110 valence electrons. The number of fused-ring (bicyclic) bond motifs is 1. The number of carboxylic acids is 1. The third-order valence-electron chi connectivity index (χ3n) is 3.87. The molecule has 1 aromatic carbocycles. The largest absolute Gasteiger partial charge is 0.481 e. The monoisotopic (exact) mass is 306 g/mol. The molecular weight excluding hydrogens is 292 g/mol. The lowest BCUT2D eigenvalue weighted by Gasteiger charge is -2.04. The molecule has 1 fully saturated rings. The number of H-pyrrole nitrogens is 1. The standard InChI is InChI=1S/C15H15ClN2O3/c16-9-1-2-13-10(5-9)8(7-18-13)3-4-17-14(19)11-6-12(11)15(20)21/h1-2,5,7,11-12,18H,3-4,6H2,(H,17,19)(H,20,21)/t11-,12-/m0/s1. The maximum atomic E-state index is 11.8. The summed E-state index contributed by atoms with van der Waals surface area (Å²) in [5.74, 6) is -1.92. The lowest BCUT2D eigenvalue weighted by atomic mass is 10.1. The first kappa shape index (κ1) is 13.9. The zero-order valence-corrected chi connectivity index (χ0v) is 12.0. The fourth-order valence-corrected chi connectivity index (χ4v) is 2.74. The summed E-state index contributed by atoms with van der Waals surface area (Å²) in [5.41, 5.74) is 2.09. The SMILES string of the molecule is O=C(O)[C@H]1C[C@@H]1C(=O)NCCc1c[nH]c2ccc(Cl)cc12. The zero-order chi connectivity index (χ0) is 15.0. The van der Waals surface area contributed by atoms with Gasteiger partial charge in [0.2, 0.25) is 5.91 Å². The van der Waals surface area contributed by atoms with Crippen LogP contribution >= 0.6 is 11.6 Å². The van der Waals surface area contributed by atoms with Crippen molar-refractivity contribution in [3.63, 3.8) is 0 Å². The van der Waals surface area contributed by atoms with Crippen molar-refractivity contribution in [1.82, 2.24) is 10.3 Å². The molecule has 0 bridgehead atoms. The molecule has 1 saturated carbocycles. The number of rotatable bonds is 5. The molecule has 0 spiro atoms. The van der Waals surface area contributed by atoms with E-state index in [4.69, 9.17) is 16.7 Å². The number of nitrogens with one attached hydrogen (secondary N) is 2. The first-order chi connectivity index (χ1) is 10.1. The van der Waals surface area contributed by atoms with E-state index in [1.165, 1.54) is 0 Å². The minimum absolute atomic E-state index is 0.166. The van der Waals surface area contributed by atoms with Crippen LogP contribution in [0, 0.1) is 11.8 Å². The van der Waals surface area contributed by atoms with Crippen LogP contribution in [-0.2, 0) is 16.0 Å². The van der Waals surface area contributed by atoms with Crippen LogP contribution in [-0.4, -0.2) is 28.5 Å². The maximum Gasteiger partial charge on any atom is 0.307 e. The van der Waals surface area contributed by atoms with Crippen LogP contribution in [0.15, 0.2) is 24.4 Å². The van der Waals surface area contributed by atoms with Crippen LogP contribution in [0.5, 0.6) is 0 Å². The van der Waals surface area contributed by atoms with E-state index in [1.807, 2.05) is 24.4 Å². The Morgan fingerprint density at radius 3 is 2.90 bits per heavy atom. The Morgan fingerprint density at radius 1 is 1.38 bits per heavy atom. The van der Waals surface area contributed by atoms with E-state index in [0.29, 0.717) is 24.4 Å². The highest BCUT2D eigenvalue weighted by Crippen LogP contribution is 2.38. The highest BCUT2D eigenvalue weighted by atomic mass is 35.5. The molecule has 0 aliphatic heterocycles. The van der Waals surface area contributed by atoms with Gasteiger partial charge in [-0.05, 0) is 36.6 Å². The second-order valence-corrected chi connectivity index (χ2v) is 5.77. The van der Waals surface area contributed by atoms with Gasteiger partial charge in [-0.15, -0.1) is 0 Å². The van der Waals surface area contributed by atoms with Crippen LogP contribution in [0.4, 0.5) is 0 Å². The third kappa shape index (κ3) is 2.88. The Morgan fingerprint density at radius 2 is 2.19 bits per heavy atom. The number of hydrogen-bond donors (Lipinski definition) is 3. The van der Waals surface area contributed by atoms with E-state index in [-0.39, 0.29) is 11.8 Å². The van der Waals surface area contributed by atoms with Gasteiger partial charge in [0.15, 0.2) is 0 Å². The summed E-state index contributed by atoms with van der Waals surface area (Å²) in [7, 11) is 0. The van der Waals surface area contributed by atoms with Gasteiger partial charge in [-0.25, -0.2) is 0 Å². The van der Waals surface area contributed by atoms with E-state index in [1.54, 1.807) is 0 Å². The van der Waals surface area contributed by atoms with Crippen LogP contribution in [0.25, 0.3) is 10.9 Å². The highest BCUT2D eigenvalue weighted by Gasteiger charge is 2.48. The van der Waals surface area contributed by atoms with E-state index in [2.05, 4.69) is 10.3 Å². The Labute approximate surface area is 126 Å². The van der Waals surface area contributed by atoms with Crippen LogP contribution in [0.1, 0.15) is 12.0 Å². The van der Waals surface area contributed by atoms with E-state index < -0.39 is 11.9 Å². The molecule has 6 heteroatoms. The number of aromatic amines is 1. The lowest BCUT2D eigenvalue weighted by Crippen LogP contribution is -2.28. The van der Waals surface area contributed by atoms with E-state index in [9.17, 15) is 9.59 Å². The van der Waals surface area contributed by atoms with E-state index in [0.717, 1.165) is 16.5 Å². The van der Waals surface area contributed by atoms with Gasteiger partial charge in [0, 0.05) is 28.7 Å². The summed E-state index contributed by atoms with van der Waals surface area (Å²) < 4.78 is 0. The number of amides is 1. The third-order valence-corrected chi connectivity index (χ3v) is 4.10. The number of benzene rings is 1. The van der Waals surface area contributed by atoms with Gasteiger partial charge in [-0.1, -0.05) is 11.6 Å². The smallest absolute Gasteiger partial charge is 0.307 e. The molecule has 1 aliphatic carbocycles. The van der Waals surface area contributed by atoms with Gasteiger partial charge in [-0.3, -0.25) is 9.59 Å². The van der Waals surface area contributed by atoms with Gasteiger partial charge < -0.3 is 15.4 Å². The summed E-state index contributed by atoms with van der Waals surface area (Å²) >= 11 is 5.99. The minimum atomic E-state index is -0.888. The van der Waals surface area contributed by atoms with Crippen molar-refractivity contribution in [2.24, 2.45) is 11.8 Å².